The third-order valence-corrected chi connectivity index (χ3v) is 4.68. The molecule has 0 unspecified atom stereocenters. The maximum absolute atomic E-state index is 9.30. The van der Waals surface area contributed by atoms with Crippen molar-refractivity contribution in [2.24, 2.45) is 4.99 Å². The molecule has 0 saturated carbocycles. The molecule has 0 amide bonds. The summed E-state index contributed by atoms with van der Waals surface area (Å²) in [6.07, 6.45) is 8.72. The van der Waals surface area contributed by atoms with E-state index in [0.29, 0.717) is 30.7 Å². The van der Waals surface area contributed by atoms with Crippen molar-refractivity contribution in [3.63, 3.8) is 0 Å². The average molecular weight is 377 g/mol. The first-order valence-electron chi connectivity index (χ1n) is 8.90. The Kier molecular flexibility index (Phi) is 5.40. The number of aromatic amines is 1. The maximum atomic E-state index is 9.30. The molecule has 28 heavy (non-hydrogen) atoms. The second-order valence-electron chi connectivity index (χ2n) is 6.76. The van der Waals surface area contributed by atoms with Crippen LogP contribution in [0.5, 0.6) is 0 Å². The van der Waals surface area contributed by atoms with Crippen molar-refractivity contribution in [1.29, 1.82) is 16.1 Å². The number of allylic oxidation sites excluding steroid dienone is 2. The van der Waals surface area contributed by atoms with Gasteiger partial charge in [0.2, 0.25) is 5.96 Å². The number of guanidine groups is 1. The van der Waals surface area contributed by atoms with Gasteiger partial charge in [0, 0.05) is 31.7 Å². The molecule has 0 bridgehead atoms. The zero-order valence-corrected chi connectivity index (χ0v) is 15.9. The quantitative estimate of drug-likeness (QED) is 0.465. The fourth-order valence-corrected chi connectivity index (χ4v) is 3.22. The van der Waals surface area contributed by atoms with Gasteiger partial charge in [-0.3, -0.25) is 10.1 Å². The van der Waals surface area contributed by atoms with Crippen LogP contribution in [-0.2, 0) is 5.54 Å². The van der Waals surface area contributed by atoms with Gasteiger partial charge >= 0.3 is 0 Å². The van der Waals surface area contributed by atoms with Gasteiger partial charge in [0.15, 0.2) is 5.49 Å². The van der Waals surface area contributed by atoms with Crippen LogP contribution in [-0.4, -0.2) is 40.0 Å². The first-order valence-corrected chi connectivity index (χ1v) is 8.90. The zero-order chi connectivity index (χ0) is 20.1. The molecule has 1 aliphatic rings. The highest BCUT2D eigenvalue weighted by molar-refractivity contribution is 5.87. The van der Waals surface area contributed by atoms with Gasteiger partial charge in [-0.15, -0.1) is 0 Å². The van der Waals surface area contributed by atoms with Crippen LogP contribution in [0.2, 0.25) is 0 Å². The van der Waals surface area contributed by atoms with Crippen molar-refractivity contribution in [1.82, 2.24) is 20.1 Å². The van der Waals surface area contributed by atoms with E-state index in [2.05, 4.69) is 31.4 Å². The van der Waals surface area contributed by atoms with Crippen LogP contribution in [0.15, 0.2) is 47.5 Å². The van der Waals surface area contributed by atoms with Gasteiger partial charge < -0.3 is 20.6 Å². The van der Waals surface area contributed by atoms with Gasteiger partial charge in [0.1, 0.15) is 5.54 Å². The van der Waals surface area contributed by atoms with Crippen molar-refractivity contribution in [2.45, 2.75) is 25.8 Å². The predicted octanol–water partition coefficient (Wildman–Crippen LogP) is 1.63. The highest BCUT2D eigenvalue weighted by atomic mass is 15.4. The lowest BCUT2D eigenvalue weighted by Crippen LogP contribution is -2.64. The van der Waals surface area contributed by atoms with E-state index in [1.54, 1.807) is 25.4 Å². The molecule has 0 aliphatic carbocycles. The minimum absolute atomic E-state index is 0.0631. The summed E-state index contributed by atoms with van der Waals surface area (Å²) in [4.78, 5) is 9.50. The monoisotopic (exact) mass is 377 g/mol. The second-order valence-corrected chi connectivity index (χ2v) is 6.76. The number of H-pyrrole nitrogens is 1. The summed E-state index contributed by atoms with van der Waals surface area (Å²) >= 11 is 0. The van der Waals surface area contributed by atoms with Crippen molar-refractivity contribution in [3.05, 3.63) is 53.5 Å². The Morgan fingerprint density at radius 1 is 1.54 bits per heavy atom. The minimum Gasteiger partial charge on any atom is -0.363 e. The van der Waals surface area contributed by atoms with E-state index in [9.17, 15) is 5.26 Å². The summed E-state index contributed by atoms with van der Waals surface area (Å²) in [5.74, 6) is -0.0631. The first kappa shape index (κ1) is 19.1. The molecule has 144 valence electrons. The molecule has 9 heteroatoms. The van der Waals surface area contributed by atoms with Crippen LogP contribution in [0, 0.1) is 29.1 Å². The van der Waals surface area contributed by atoms with E-state index in [4.69, 9.17) is 10.8 Å². The Balaban J connectivity index is 1.85. The molecule has 0 radical (unpaired) electrons. The number of anilines is 1. The van der Waals surface area contributed by atoms with Crippen molar-refractivity contribution < 1.29 is 0 Å². The molecule has 3 heterocycles. The average Bonchev–Trinajstić information content (AvgIpc) is 3.09. The van der Waals surface area contributed by atoms with Gasteiger partial charge in [-0.2, -0.15) is 15.4 Å². The van der Waals surface area contributed by atoms with Crippen LogP contribution >= 0.6 is 0 Å². The Morgan fingerprint density at radius 3 is 2.93 bits per heavy atom. The number of nitrogens with zero attached hydrogens (tertiary/aromatic N) is 5. The summed E-state index contributed by atoms with van der Waals surface area (Å²) in [6, 6.07) is 6.09. The third-order valence-electron chi connectivity index (χ3n) is 4.68. The van der Waals surface area contributed by atoms with Crippen LogP contribution < -0.4 is 15.7 Å². The predicted molar refractivity (Wildman–Crippen MR) is 107 cm³/mol. The summed E-state index contributed by atoms with van der Waals surface area (Å²) < 4.78 is 1.89. The van der Waals surface area contributed by atoms with Crippen LogP contribution in [0.4, 0.5) is 5.69 Å². The van der Waals surface area contributed by atoms with Gasteiger partial charge in [0.25, 0.3) is 0 Å². The standard InChI is InChI=1S/C19H23N9/c1-3-15(9-21)25-18(22)26-17-16(5-4-8-23-17)27-12-19(13-27,6-7-20)28-11-14(2)10-24-28/h3-5,8-11,21H,6,12-13H2,1-2H3,(H3,22,23,25,26)/b15-3+,21-9?. The lowest BCUT2D eigenvalue weighted by Gasteiger charge is -2.50. The summed E-state index contributed by atoms with van der Waals surface area (Å²) in [6.45, 7) is 5.02. The lowest BCUT2D eigenvalue weighted by molar-refractivity contribution is 0.198. The number of hydrogen-bond donors (Lipinski definition) is 4. The highest BCUT2D eigenvalue weighted by Gasteiger charge is 2.46. The molecular formula is C19H23N9. The summed E-state index contributed by atoms with van der Waals surface area (Å²) in [5.41, 5.74) is 2.59. The van der Waals surface area contributed by atoms with Crippen molar-refractivity contribution in [3.8, 4) is 6.07 Å². The minimum atomic E-state index is -0.361. The smallest absolute Gasteiger partial charge is 0.221 e. The zero-order valence-electron chi connectivity index (χ0n) is 15.9. The number of aryl methyl sites for hydroxylation is 1. The van der Waals surface area contributed by atoms with E-state index in [-0.39, 0.29) is 11.5 Å². The number of nitriles is 1. The molecule has 2 aromatic rings. The van der Waals surface area contributed by atoms with E-state index in [1.807, 2.05) is 29.9 Å². The van der Waals surface area contributed by atoms with Crippen LogP contribution in [0.3, 0.4) is 0 Å². The van der Waals surface area contributed by atoms with Gasteiger partial charge in [-0.25, -0.2) is 0 Å². The normalized spacial score (nSPS) is 16.2. The lowest BCUT2D eigenvalue weighted by atomic mass is 9.86. The van der Waals surface area contributed by atoms with Crippen molar-refractivity contribution in [2.75, 3.05) is 18.0 Å². The van der Waals surface area contributed by atoms with Crippen LogP contribution in [0.1, 0.15) is 18.9 Å². The Hall–Kier alpha value is -3.67. The van der Waals surface area contributed by atoms with E-state index >= 15 is 0 Å². The molecular weight excluding hydrogens is 354 g/mol. The maximum Gasteiger partial charge on any atom is 0.221 e. The second kappa shape index (κ2) is 7.92. The Bertz CT molecular complexity index is 1010. The van der Waals surface area contributed by atoms with Gasteiger partial charge in [-0.05, 0) is 31.5 Å². The third kappa shape index (κ3) is 3.71. The molecule has 2 aromatic heterocycles. The van der Waals surface area contributed by atoms with Gasteiger partial charge in [-0.1, -0.05) is 6.08 Å². The molecule has 0 aromatic carbocycles. The van der Waals surface area contributed by atoms with Crippen molar-refractivity contribution >= 4 is 17.9 Å². The van der Waals surface area contributed by atoms with Gasteiger partial charge in [0.05, 0.1) is 30.1 Å². The molecule has 1 fully saturated rings. The topological polar surface area (TPSA) is 133 Å². The number of nitrogens with one attached hydrogen (secondary N) is 4. The number of rotatable bonds is 5. The first-order chi connectivity index (χ1) is 13.5. The molecule has 9 nitrogen and oxygen atoms in total. The van der Waals surface area contributed by atoms with Crippen LogP contribution in [0.25, 0.3) is 0 Å². The molecule has 3 rings (SSSR count). The van der Waals surface area contributed by atoms with E-state index in [0.717, 1.165) is 17.5 Å². The number of hydrogen-bond acceptors (Lipinski definition) is 5. The fraction of sp³-hybridized carbons (Fsp3) is 0.316. The largest absolute Gasteiger partial charge is 0.363 e. The van der Waals surface area contributed by atoms with E-state index < -0.39 is 0 Å². The molecule has 4 N–H and O–H groups in total. The number of pyridine rings is 1. The highest BCUT2D eigenvalue weighted by Crippen LogP contribution is 2.34. The molecule has 0 spiro atoms. The SMILES string of the molecule is C/C=C(\C=N)NC(=N)/N=c1\[nH]cccc1N1CC(CC#N)(n2cc(C)cn2)C1. The Labute approximate surface area is 163 Å². The van der Waals surface area contributed by atoms with E-state index in [1.165, 1.54) is 0 Å². The molecule has 1 saturated heterocycles. The Morgan fingerprint density at radius 2 is 2.32 bits per heavy atom. The summed E-state index contributed by atoms with van der Waals surface area (Å²) in [7, 11) is 0. The summed E-state index contributed by atoms with van der Waals surface area (Å²) in [5, 5.41) is 31.8. The molecule has 0 atom stereocenters. The fourth-order valence-electron chi connectivity index (χ4n) is 3.22. The number of aromatic nitrogens is 3. The molecule has 1 aliphatic heterocycles.